The SMILES string of the molecule is CCSc1ccc(CNc2nc3c(C)nc(-c4c(C)ncnc4C4CC4)nc3n(C(C)CF)c2=O)nc1. The largest absolute Gasteiger partial charge is 0.360 e. The van der Waals surface area contributed by atoms with Gasteiger partial charge in [-0.2, -0.15) is 0 Å². The minimum Gasteiger partial charge on any atom is -0.360 e. The smallest absolute Gasteiger partial charge is 0.295 e. The average molecular weight is 521 g/mol. The molecule has 1 unspecified atom stereocenters. The monoisotopic (exact) mass is 520 g/mol. The number of aryl methyl sites for hydroxylation is 2. The van der Waals surface area contributed by atoms with Gasteiger partial charge in [-0.05, 0) is 51.5 Å². The maximum Gasteiger partial charge on any atom is 0.295 e. The highest BCUT2D eigenvalue weighted by Gasteiger charge is 2.30. The van der Waals surface area contributed by atoms with Gasteiger partial charge in [0, 0.05) is 17.0 Å². The van der Waals surface area contributed by atoms with Crippen molar-refractivity contribution in [3.63, 3.8) is 0 Å². The second-order valence-corrected chi connectivity index (χ2v) is 10.5. The fourth-order valence-electron chi connectivity index (χ4n) is 4.30. The van der Waals surface area contributed by atoms with Gasteiger partial charge >= 0.3 is 0 Å². The molecule has 37 heavy (non-hydrogen) atoms. The third-order valence-corrected chi connectivity index (χ3v) is 7.24. The maximum absolute atomic E-state index is 14.0. The van der Waals surface area contributed by atoms with Crippen LogP contribution >= 0.6 is 11.8 Å². The molecule has 11 heteroatoms. The van der Waals surface area contributed by atoms with Gasteiger partial charge in [0.2, 0.25) is 0 Å². The van der Waals surface area contributed by atoms with E-state index in [1.54, 1.807) is 25.0 Å². The lowest BCUT2D eigenvalue weighted by atomic mass is 10.1. The molecule has 0 aliphatic heterocycles. The molecule has 1 atom stereocenters. The molecule has 0 amide bonds. The van der Waals surface area contributed by atoms with Crippen LogP contribution < -0.4 is 10.9 Å². The van der Waals surface area contributed by atoms with Crippen molar-refractivity contribution < 1.29 is 4.39 Å². The number of rotatable bonds is 9. The number of halogens is 1. The molecule has 4 aromatic rings. The molecular weight excluding hydrogens is 491 g/mol. The Balaban J connectivity index is 1.59. The minimum absolute atomic E-state index is 0.110. The van der Waals surface area contributed by atoms with Gasteiger partial charge in [-0.25, -0.2) is 29.3 Å². The third kappa shape index (κ3) is 5.04. The fourth-order valence-corrected chi connectivity index (χ4v) is 4.93. The molecule has 1 fully saturated rings. The van der Waals surface area contributed by atoms with Crippen molar-refractivity contribution in [1.29, 1.82) is 0 Å². The van der Waals surface area contributed by atoms with Crippen LogP contribution in [0.3, 0.4) is 0 Å². The molecule has 0 aromatic carbocycles. The van der Waals surface area contributed by atoms with E-state index >= 15 is 0 Å². The second-order valence-electron chi connectivity index (χ2n) is 9.21. The Kier molecular flexibility index (Phi) is 7.14. The zero-order valence-corrected chi connectivity index (χ0v) is 22.1. The number of anilines is 1. The lowest BCUT2D eigenvalue weighted by Crippen LogP contribution is -2.29. The average Bonchev–Trinajstić information content (AvgIpc) is 3.74. The van der Waals surface area contributed by atoms with Gasteiger partial charge in [0.1, 0.15) is 18.5 Å². The van der Waals surface area contributed by atoms with Crippen LogP contribution in [0.4, 0.5) is 10.2 Å². The van der Waals surface area contributed by atoms with E-state index in [0.717, 1.165) is 46.1 Å². The van der Waals surface area contributed by atoms with E-state index in [2.05, 4.69) is 32.2 Å². The van der Waals surface area contributed by atoms with E-state index in [9.17, 15) is 9.18 Å². The molecule has 5 rings (SSSR count). The molecule has 0 radical (unpaired) electrons. The van der Waals surface area contributed by atoms with Crippen LogP contribution in [0.25, 0.3) is 22.6 Å². The summed E-state index contributed by atoms with van der Waals surface area (Å²) in [6.07, 6.45) is 5.50. The van der Waals surface area contributed by atoms with E-state index < -0.39 is 18.3 Å². The quantitative estimate of drug-likeness (QED) is 0.311. The van der Waals surface area contributed by atoms with Crippen molar-refractivity contribution in [2.45, 2.75) is 63.9 Å². The zero-order chi connectivity index (χ0) is 26.1. The van der Waals surface area contributed by atoms with Crippen LogP contribution in [0.15, 0.2) is 34.3 Å². The summed E-state index contributed by atoms with van der Waals surface area (Å²) in [4.78, 5) is 42.0. The first-order valence-electron chi connectivity index (χ1n) is 12.4. The number of nitrogens with one attached hydrogen (secondary N) is 1. The molecule has 1 saturated carbocycles. The number of hydrogen-bond acceptors (Lipinski definition) is 9. The number of alkyl halides is 1. The van der Waals surface area contributed by atoms with Crippen LogP contribution in [0.2, 0.25) is 0 Å². The molecule has 9 nitrogen and oxygen atoms in total. The molecule has 192 valence electrons. The van der Waals surface area contributed by atoms with E-state index in [4.69, 9.17) is 9.97 Å². The Hall–Kier alpha value is -3.47. The van der Waals surface area contributed by atoms with Crippen LogP contribution in [-0.4, -0.2) is 46.9 Å². The summed E-state index contributed by atoms with van der Waals surface area (Å²) in [7, 11) is 0. The van der Waals surface area contributed by atoms with Gasteiger partial charge < -0.3 is 5.32 Å². The van der Waals surface area contributed by atoms with Crippen LogP contribution in [0.1, 0.15) is 61.4 Å². The second kappa shape index (κ2) is 10.5. The van der Waals surface area contributed by atoms with E-state index in [1.165, 1.54) is 4.57 Å². The Morgan fingerprint density at radius 2 is 1.95 bits per heavy atom. The first-order valence-corrected chi connectivity index (χ1v) is 13.4. The van der Waals surface area contributed by atoms with Crippen LogP contribution in [-0.2, 0) is 6.54 Å². The standard InChI is InChI=1S/C26H29FN8OS/c1-5-37-19-9-8-18(28-12-19)11-29-24-26(36)35(14(2)10-27)25-21(33-24)16(4)32-23(34-25)20-15(3)30-13-31-22(20)17-6-7-17/h8-9,12-14,17H,5-7,10-11H2,1-4H3,(H,29,33). The summed E-state index contributed by atoms with van der Waals surface area (Å²) >= 11 is 1.71. The van der Waals surface area contributed by atoms with Gasteiger partial charge in [0.25, 0.3) is 5.56 Å². The Labute approximate surface area is 218 Å². The maximum atomic E-state index is 14.0. The first kappa shape index (κ1) is 25.2. The predicted molar refractivity (Wildman–Crippen MR) is 143 cm³/mol. The Morgan fingerprint density at radius 3 is 2.62 bits per heavy atom. The van der Waals surface area contributed by atoms with Gasteiger partial charge in [-0.1, -0.05) is 6.92 Å². The van der Waals surface area contributed by atoms with E-state index in [1.807, 2.05) is 32.2 Å². The van der Waals surface area contributed by atoms with Crippen molar-refractivity contribution in [2.24, 2.45) is 0 Å². The van der Waals surface area contributed by atoms with Crippen molar-refractivity contribution in [3.8, 4) is 11.4 Å². The summed E-state index contributed by atoms with van der Waals surface area (Å²) in [6.45, 7) is 7.04. The molecule has 0 saturated heterocycles. The normalized spacial score (nSPS) is 14.2. The summed E-state index contributed by atoms with van der Waals surface area (Å²) in [5.74, 6) is 1.87. The van der Waals surface area contributed by atoms with Gasteiger partial charge in [-0.15, -0.1) is 11.8 Å². The number of aromatic nitrogens is 7. The van der Waals surface area contributed by atoms with Gasteiger partial charge in [-0.3, -0.25) is 14.3 Å². The van der Waals surface area contributed by atoms with E-state index in [0.29, 0.717) is 35.1 Å². The molecule has 4 aromatic heterocycles. The highest BCUT2D eigenvalue weighted by Crippen LogP contribution is 2.43. The molecule has 0 bridgehead atoms. The van der Waals surface area contributed by atoms with Crippen molar-refractivity contribution in [3.05, 3.63) is 57.8 Å². The molecule has 0 spiro atoms. The van der Waals surface area contributed by atoms with E-state index in [-0.39, 0.29) is 5.82 Å². The number of pyridine rings is 1. The van der Waals surface area contributed by atoms with Gasteiger partial charge in [0.05, 0.1) is 40.9 Å². The number of thioether (sulfide) groups is 1. The lowest BCUT2D eigenvalue weighted by molar-refractivity contribution is 0.376. The highest BCUT2D eigenvalue weighted by molar-refractivity contribution is 7.99. The predicted octanol–water partition coefficient (Wildman–Crippen LogP) is 4.79. The summed E-state index contributed by atoms with van der Waals surface area (Å²) in [5, 5.41) is 3.10. The Bertz CT molecular complexity index is 1500. The molecular formula is C26H29FN8OS. The number of hydrogen-bond donors (Lipinski definition) is 1. The van der Waals surface area contributed by atoms with Crippen molar-refractivity contribution in [2.75, 3.05) is 17.7 Å². The van der Waals surface area contributed by atoms with Gasteiger partial charge in [0.15, 0.2) is 17.3 Å². The molecule has 1 aliphatic carbocycles. The van der Waals surface area contributed by atoms with Crippen LogP contribution in [0, 0.1) is 13.8 Å². The minimum atomic E-state index is -0.736. The molecule has 4 heterocycles. The van der Waals surface area contributed by atoms with Crippen LogP contribution in [0.5, 0.6) is 0 Å². The zero-order valence-electron chi connectivity index (χ0n) is 21.3. The fraction of sp³-hybridized carbons (Fsp3) is 0.423. The first-order chi connectivity index (χ1) is 17.9. The molecule has 1 N–H and O–H groups in total. The number of fused-ring (bicyclic) bond motifs is 1. The summed E-state index contributed by atoms with van der Waals surface area (Å²) in [5.41, 5.74) is 4.12. The van der Waals surface area contributed by atoms with Crippen molar-refractivity contribution in [1.82, 2.24) is 34.5 Å². The summed E-state index contributed by atoms with van der Waals surface area (Å²) in [6, 6.07) is 3.18. The topological polar surface area (TPSA) is 111 Å². The van der Waals surface area contributed by atoms with Crippen molar-refractivity contribution >= 4 is 28.7 Å². The highest BCUT2D eigenvalue weighted by atomic mass is 32.2. The number of nitrogens with zero attached hydrogens (tertiary/aromatic N) is 7. The lowest BCUT2D eigenvalue weighted by Gasteiger charge is -2.18. The molecule has 1 aliphatic rings. The third-order valence-electron chi connectivity index (χ3n) is 6.38. The Morgan fingerprint density at radius 1 is 1.14 bits per heavy atom. The summed E-state index contributed by atoms with van der Waals surface area (Å²) < 4.78 is 15.3.